The smallest absolute Gasteiger partial charge is 0.251 e. The zero-order valence-electron chi connectivity index (χ0n) is 10.5. The third-order valence-corrected chi connectivity index (χ3v) is 2.82. The van der Waals surface area contributed by atoms with Gasteiger partial charge in [0.2, 0.25) is 0 Å². The van der Waals surface area contributed by atoms with E-state index in [0.717, 1.165) is 12.1 Å². The predicted molar refractivity (Wildman–Crippen MR) is 64.9 cm³/mol. The van der Waals surface area contributed by atoms with E-state index < -0.39 is 24.8 Å². The number of alkyl halides is 2. The Morgan fingerprint density at radius 3 is 2.37 bits per heavy atom. The van der Waals surface area contributed by atoms with Crippen LogP contribution in [0.3, 0.4) is 0 Å². The molecule has 0 amide bonds. The van der Waals surface area contributed by atoms with Crippen LogP contribution < -0.4 is 0 Å². The highest BCUT2D eigenvalue weighted by molar-refractivity contribution is 5.99. The maximum Gasteiger partial charge on any atom is 0.251 e. The first-order chi connectivity index (χ1) is 8.95. The quantitative estimate of drug-likeness (QED) is 0.773. The molecule has 106 valence electrons. The van der Waals surface area contributed by atoms with Gasteiger partial charge in [-0.25, -0.2) is 13.2 Å². The molecule has 0 saturated heterocycles. The molecular weight excluding hydrogens is 259 g/mol. The van der Waals surface area contributed by atoms with E-state index in [9.17, 15) is 18.0 Å². The van der Waals surface area contributed by atoms with Gasteiger partial charge in [-0.05, 0) is 31.2 Å². The zero-order chi connectivity index (χ0) is 14.4. The standard InChI is InChI=1S/C13H16F3NO2/c1-9(17(6-7-18)8-12(15)16)13(19)10-2-4-11(14)5-3-10/h2-5,9,12,18H,6-8H2,1H3. The van der Waals surface area contributed by atoms with Gasteiger partial charge in [-0.1, -0.05) is 0 Å². The predicted octanol–water partition coefficient (Wildman–Crippen LogP) is 1.96. The van der Waals surface area contributed by atoms with Gasteiger partial charge in [0.1, 0.15) is 5.82 Å². The summed E-state index contributed by atoms with van der Waals surface area (Å²) in [6.45, 7) is 0.574. The number of benzene rings is 1. The molecule has 0 radical (unpaired) electrons. The van der Waals surface area contributed by atoms with Crippen LogP contribution in [-0.2, 0) is 0 Å². The van der Waals surface area contributed by atoms with Crippen LogP contribution in [0.4, 0.5) is 13.2 Å². The van der Waals surface area contributed by atoms with Crippen molar-refractivity contribution in [1.82, 2.24) is 4.90 Å². The lowest BCUT2D eigenvalue weighted by Crippen LogP contribution is -2.43. The minimum absolute atomic E-state index is 0.0154. The van der Waals surface area contributed by atoms with E-state index in [1.54, 1.807) is 0 Å². The Morgan fingerprint density at radius 2 is 1.89 bits per heavy atom. The lowest BCUT2D eigenvalue weighted by Gasteiger charge is -2.27. The minimum Gasteiger partial charge on any atom is -0.395 e. The number of ketones is 1. The van der Waals surface area contributed by atoms with Crippen molar-refractivity contribution in [3.63, 3.8) is 0 Å². The largest absolute Gasteiger partial charge is 0.395 e. The molecule has 0 fully saturated rings. The summed E-state index contributed by atoms with van der Waals surface area (Å²) in [5, 5.41) is 8.84. The van der Waals surface area contributed by atoms with Crippen LogP contribution in [0.15, 0.2) is 24.3 Å². The average Bonchev–Trinajstić information content (AvgIpc) is 2.37. The fourth-order valence-corrected chi connectivity index (χ4v) is 1.77. The van der Waals surface area contributed by atoms with Crippen molar-refractivity contribution in [3.8, 4) is 0 Å². The molecule has 0 spiro atoms. The third kappa shape index (κ3) is 4.65. The monoisotopic (exact) mass is 275 g/mol. The summed E-state index contributed by atoms with van der Waals surface area (Å²) in [7, 11) is 0. The first-order valence-corrected chi connectivity index (χ1v) is 5.88. The summed E-state index contributed by atoms with van der Waals surface area (Å²) < 4.78 is 37.6. The molecule has 1 aromatic rings. The van der Waals surface area contributed by atoms with Gasteiger partial charge in [0.25, 0.3) is 6.43 Å². The van der Waals surface area contributed by atoms with Crippen molar-refractivity contribution in [2.45, 2.75) is 19.4 Å². The number of hydrogen-bond donors (Lipinski definition) is 1. The molecule has 0 saturated carbocycles. The van der Waals surface area contributed by atoms with Crippen molar-refractivity contribution in [2.24, 2.45) is 0 Å². The number of rotatable bonds is 7. The second kappa shape index (κ2) is 7.25. The minimum atomic E-state index is -2.59. The number of aliphatic hydroxyl groups excluding tert-OH is 1. The summed E-state index contributed by atoms with van der Waals surface area (Å²) in [4.78, 5) is 13.3. The lowest BCUT2D eigenvalue weighted by molar-refractivity contribution is 0.0515. The number of Topliss-reactive ketones (excluding diaryl/α,β-unsaturated/α-hetero) is 1. The van der Waals surface area contributed by atoms with Gasteiger partial charge in [-0.3, -0.25) is 9.69 Å². The topological polar surface area (TPSA) is 40.5 Å². The van der Waals surface area contributed by atoms with Crippen molar-refractivity contribution < 1.29 is 23.1 Å². The maximum absolute atomic E-state index is 12.7. The fraction of sp³-hybridized carbons (Fsp3) is 0.462. The van der Waals surface area contributed by atoms with E-state index in [2.05, 4.69) is 0 Å². The molecule has 0 heterocycles. The molecule has 0 aliphatic rings. The number of halogens is 3. The van der Waals surface area contributed by atoms with Crippen molar-refractivity contribution in [3.05, 3.63) is 35.6 Å². The molecule has 3 nitrogen and oxygen atoms in total. The van der Waals surface area contributed by atoms with Crippen molar-refractivity contribution in [2.75, 3.05) is 19.7 Å². The molecule has 1 atom stereocenters. The van der Waals surface area contributed by atoms with Crippen LogP contribution in [0.2, 0.25) is 0 Å². The normalized spacial score (nSPS) is 13.0. The number of aliphatic hydroxyl groups is 1. The number of carbonyl (C=O) groups excluding carboxylic acids is 1. The van der Waals surface area contributed by atoms with Gasteiger partial charge in [-0.2, -0.15) is 0 Å². The van der Waals surface area contributed by atoms with Crippen LogP contribution >= 0.6 is 0 Å². The highest BCUT2D eigenvalue weighted by Gasteiger charge is 2.24. The van der Waals surface area contributed by atoms with Gasteiger partial charge < -0.3 is 5.11 Å². The Morgan fingerprint density at radius 1 is 1.32 bits per heavy atom. The van der Waals surface area contributed by atoms with Gasteiger partial charge in [-0.15, -0.1) is 0 Å². The van der Waals surface area contributed by atoms with E-state index in [1.165, 1.54) is 24.0 Å². The average molecular weight is 275 g/mol. The zero-order valence-corrected chi connectivity index (χ0v) is 10.5. The summed E-state index contributed by atoms with van der Waals surface area (Å²) >= 11 is 0. The Hall–Kier alpha value is -1.40. The van der Waals surface area contributed by atoms with E-state index in [4.69, 9.17) is 5.11 Å². The van der Waals surface area contributed by atoms with Crippen LogP contribution in [0.25, 0.3) is 0 Å². The molecule has 0 aliphatic carbocycles. The Balaban J connectivity index is 2.80. The molecule has 1 N–H and O–H groups in total. The van der Waals surface area contributed by atoms with Crippen LogP contribution in [-0.4, -0.2) is 48.0 Å². The Kier molecular flexibility index (Phi) is 5.98. The molecule has 6 heteroatoms. The van der Waals surface area contributed by atoms with E-state index in [-0.39, 0.29) is 24.5 Å². The number of nitrogens with zero attached hydrogens (tertiary/aromatic N) is 1. The maximum atomic E-state index is 12.7. The first-order valence-electron chi connectivity index (χ1n) is 5.88. The molecule has 1 unspecified atom stereocenters. The molecule has 1 aromatic carbocycles. The SMILES string of the molecule is CC(C(=O)c1ccc(F)cc1)N(CCO)CC(F)F. The molecule has 0 aromatic heterocycles. The third-order valence-electron chi connectivity index (χ3n) is 2.82. The van der Waals surface area contributed by atoms with E-state index in [0.29, 0.717) is 0 Å². The van der Waals surface area contributed by atoms with Crippen molar-refractivity contribution in [1.29, 1.82) is 0 Å². The Bertz CT molecular complexity index is 409. The fourth-order valence-electron chi connectivity index (χ4n) is 1.77. The second-order valence-electron chi connectivity index (χ2n) is 4.16. The van der Waals surface area contributed by atoms with E-state index in [1.807, 2.05) is 0 Å². The Labute approximate surface area is 109 Å². The van der Waals surface area contributed by atoms with Crippen LogP contribution in [0, 0.1) is 5.82 Å². The summed E-state index contributed by atoms with van der Waals surface area (Å²) in [6, 6.07) is 4.11. The van der Waals surface area contributed by atoms with Gasteiger partial charge in [0.15, 0.2) is 5.78 Å². The number of carbonyl (C=O) groups is 1. The molecule has 19 heavy (non-hydrogen) atoms. The van der Waals surface area contributed by atoms with Crippen LogP contribution in [0.5, 0.6) is 0 Å². The first kappa shape index (κ1) is 15.7. The summed E-state index contributed by atoms with van der Waals surface area (Å²) in [6.07, 6.45) is -2.59. The molecular formula is C13H16F3NO2. The van der Waals surface area contributed by atoms with Crippen LogP contribution in [0.1, 0.15) is 17.3 Å². The molecule has 1 rings (SSSR count). The molecule has 0 aliphatic heterocycles. The van der Waals surface area contributed by atoms with Crippen molar-refractivity contribution >= 4 is 5.78 Å². The lowest BCUT2D eigenvalue weighted by atomic mass is 10.0. The second-order valence-corrected chi connectivity index (χ2v) is 4.16. The summed E-state index contributed by atoms with van der Waals surface area (Å²) in [5.74, 6) is -0.849. The summed E-state index contributed by atoms with van der Waals surface area (Å²) in [5.41, 5.74) is 0.256. The van der Waals surface area contributed by atoms with Gasteiger partial charge >= 0.3 is 0 Å². The highest BCUT2D eigenvalue weighted by Crippen LogP contribution is 2.11. The molecule has 0 bridgehead atoms. The highest BCUT2D eigenvalue weighted by atomic mass is 19.3. The number of hydrogen-bond acceptors (Lipinski definition) is 3. The van der Waals surface area contributed by atoms with Gasteiger partial charge in [0, 0.05) is 12.1 Å². The van der Waals surface area contributed by atoms with Gasteiger partial charge in [0.05, 0.1) is 19.2 Å². The van der Waals surface area contributed by atoms with E-state index >= 15 is 0 Å².